The maximum absolute atomic E-state index is 10.7. The normalized spacial score (nSPS) is 10.5. The van der Waals surface area contributed by atoms with Crippen molar-refractivity contribution in [1.82, 2.24) is 9.78 Å². The van der Waals surface area contributed by atoms with E-state index >= 15 is 0 Å². The van der Waals surface area contributed by atoms with E-state index < -0.39 is 6.03 Å². The van der Waals surface area contributed by atoms with E-state index in [-0.39, 0.29) is 5.92 Å². The number of aromatic nitrogens is 2. The molecule has 4 heteroatoms. The highest BCUT2D eigenvalue weighted by Gasteiger charge is 2.09. The Hall–Kier alpha value is -1.32. The first-order chi connectivity index (χ1) is 5.13. The van der Waals surface area contributed by atoms with Crippen LogP contribution in [0.1, 0.15) is 25.5 Å². The minimum atomic E-state index is -0.529. The second kappa shape index (κ2) is 2.74. The van der Waals surface area contributed by atoms with Crippen molar-refractivity contribution in [2.75, 3.05) is 0 Å². The van der Waals surface area contributed by atoms with Crippen molar-refractivity contribution >= 4 is 6.03 Å². The van der Waals surface area contributed by atoms with E-state index in [1.54, 1.807) is 12.3 Å². The summed E-state index contributed by atoms with van der Waals surface area (Å²) in [6, 6.07) is 1.26. The van der Waals surface area contributed by atoms with Gasteiger partial charge in [-0.15, -0.1) is 0 Å². The van der Waals surface area contributed by atoms with Gasteiger partial charge >= 0.3 is 6.03 Å². The Morgan fingerprint density at radius 1 is 1.73 bits per heavy atom. The van der Waals surface area contributed by atoms with E-state index in [2.05, 4.69) is 5.10 Å². The van der Waals surface area contributed by atoms with Crippen LogP contribution in [0.3, 0.4) is 0 Å². The van der Waals surface area contributed by atoms with Crippen molar-refractivity contribution in [3.8, 4) is 0 Å². The number of carbonyl (C=O) groups is 1. The average Bonchev–Trinajstić information content (AvgIpc) is 2.32. The van der Waals surface area contributed by atoms with Crippen LogP contribution in [-0.4, -0.2) is 15.8 Å². The van der Waals surface area contributed by atoms with Gasteiger partial charge in [-0.2, -0.15) is 9.78 Å². The van der Waals surface area contributed by atoms with Crippen LogP contribution in [-0.2, 0) is 0 Å². The SMILES string of the molecule is CC(C)c1ccnn1C(N)=O. The van der Waals surface area contributed by atoms with Crippen LogP contribution in [0.4, 0.5) is 4.79 Å². The molecule has 1 aromatic rings. The highest BCUT2D eigenvalue weighted by Crippen LogP contribution is 2.11. The van der Waals surface area contributed by atoms with Gasteiger partial charge in [0, 0.05) is 6.20 Å². The summed E-state index contributed by atoms with van der Waals surface area (Å²) in [7, 11) is 0. The Labute approximate surface area is 65.0 Å². The number of nitrogens with two attached hydrogens (primary N) is 1. The van der Waals surface area contributed by atoms with Crippen molar-refractivity contribution in [2.24, 2.45) is 5.73 Å². The molecule has 0 aliphatic heterocycles. The standard InChI is InChI=1S/C7H11N3O/c1-5(2)6-3-4-9-10(6)7(8)11/h3-5H,1-2H3,(H2,8,11). The summed E-state index contributed by atoms with van der Waals surface area (Å²) in [6.45, 7) is 3.97. The fraction of sp³-hybridized carbons (Fsp3) is 0.429. The Morgan fingerprint density at radius 3 is 2.73 bits per heavy atom. The highest BCUT2D eigenvalue weighted by molar-refractivity contribution is 5.74. The summed E-state index contributed by atoms with van der Waals surface area (Å²) in [5.74, 6) is 0.269. The lowest BCUT2D eigenvalue weighted by Gasteiger charge is -2.04. The van der Waals surface area contributed by atoms with Crippen LogP contribution in [0, 0.1) is 0 Å². The van der Waals surface area contributed by atoms with Crippen LogP contribution in [0.5, 0.6) is 0 Å². The summed E-state index contributed by atoms with van der Waals surface area (Å²) in [5, 5.41) is 3.78. The number of primary amides is 1. The monoisotopic (exact) mass is 153 g/mol. The molecule has 0 unspecified atom stereocenters. The van der Waals surface area contributed by atoms with Crippen LogP contribution >= 0.6 is 0 Å². The molecule has 1 aromatic heterocycles. The van der Waals surface area contributed by atoms with Crippen LogP contribution < -0.4 is 5.73 Å². The minimum absolute atomic E-state index is 0.269. The third-order valence-electron chi connectivity index (χ3n) is 1.47. The largest absolute Gasteiger partial charge is 0.350 e. The molecule has 0 fully saturated rings. The number of carbonyl (C=O) groups excluding carboxylic acids is 1. The van der Waals surface area contributed by atoms with Crippen molar-refractivity contribution in [2.45, 2.75) is 19.8 Å². The number of amides is 1. The summed E-state index contributed by atoms with van der Waals surface area (Å²) < 4.78 is 1.21. The topological polar surface area (TPSA) is 60.9 Å². The first-order valence-electron chi connectivity index (χ1n) is 3.46. The van der Waals surface area contributed by atoms with E-state index in [0.29, 0.717) is 0 Å². The Bertz CT molecular complexity index is 264. The zero-order valence-electron chi connectivity index (χ0n) is 6.61. The number of hydrogen-bond acceptors (Lipinski definition) is 2. The molecule has 0 aromatic carbocycles. The van der Waals surface area contributed by atoms with Crippen molar-refractivity contribution < 1.29 is 4.79 Å². The molecule has 60 valence electrons. The predicted molar refractivity (Wildman–Crippen MR) is 41.3 cm³/mol. The number of hydrogen-bond donors (Lipinski definition) is 1. The molecular weight excluding hydrogens is 142 g/mol. The molecule has 4 nitrogen and oxygen atoms in total. The van der Waals surface area contributed by atoms with Crippen LogP contribution in [0.25, 0.3) is 0 Å². The molecule has 0 spiro atoms. The average molecular weight is 153 g/mol. The van der Waals surface area contributed by atoms with Crippen LogP contribution in [0.15, 0.2) is 12.3 Å². The molecule has 0 radical (unpaired) electrons. The third-order valence-corrected chi connectivity index (χ3v) is 1.47. The number of nitrogens with zero attached hydrogens (tertiary/aromatic N) is 2. The van der Waals surface area contributed by atoms with E-state index in [1.807, 2.05) is 13.8 Å². The second-order valence-corrected chi connectivity index (χ2v) is 2.66. The lowest BCUT2D eigenvalue weighted by Crippen LogP contribution is -2.23. The van der Waals surface area contributed by atoms with E-state index in [9.17, 15) is 4.79 Å². The minimum Gasteiger partial charge on any atom is -0.350 e. The number of rotatable bonds is 1. The van der Waals surface area contributed by atoms with Crippen LogP contribution in [0.2, 0.25) is 0 Å². The molecule has 0 aliphatic carbocycles. The zero-order chi connectivity index (χ0) is 8.43. The maximum Gasteiger partial charge on any atom is 0.339 e. The predicted octanol–water partition coefficient (Wildman–Crippen LogP) is 0.933. The molecule has 0 bridgehead atoms. The molecule has 1 amide bonds. The third kappa shape index (κ3) is 1.39. The molecule has 0 saturated heterocycles. The van der Waals surface area contributed by atoms with Gasteiger partial charge in [0.25, 0.3) is 0 Å². The first kappa shape index (κ1) is 7.78. The Balaban J connectivity index is 3.06. The van der Waals surface area contributed by atoms with Gasteiger partial charge in [0.15, 0.2) is 0 Å². The molecule has 0 atom stereocenters. The lowest BCUT2D eigenvalue weighted by molar-refractivity contribution is 0.246. The lowest BCUT2D eigenvalue weighted by atomic mass is 10.1. The molecule has 2 N–H and O–H groups in total. The molecular formula is C7H11N3O. The maximum atomic E-state index is 10.7. The summed E-state index contributed by atoms with van der Waals surface area (Å²) in [5.41, 5.74) is 5.90. The summed E-state index contributed by atoms with van der Waals surface area (Å²) in [6.07, 6.45) is 1.57. The molecule has 0 saturated carbocycles. The molecule has 0 aliphatic rings. The van der Waals surface area contributed by atoms with Gasteiger partial charge in [-0.25, -0.2) is 4.79 Å². The Morgan fingerprint density at radius 2 is 2.36 bits per heavy atom. The smallest absolute Gasteiger partial charge is 0.339 e. The van der Waals surface area contributed by atoms with Gasteiger partial charge in [0.1, 0.15) is 0 Å². The summed E-state index contributed by atoms with van der Waals surface area (Å²) >= 11 is 0. The van der Waals surface area contributed by atoms with E-state index in [4.69, 9.17) is 5.73 Å². The van der Waals surface area contributed by atoms with E-state index in [1.165, 1.54) is 4.68 Å². The Kier molecular flexibility index (Phi) is 1.94. The van der Waals surface area contributed by atoms with Gasteiger partial charge in [-0.3, -0.25) is 0 Å². The van der Waals surface area contributed by atoms with Crippen molar-refractivity contribution in [3.05, 3.63) is 18.0 Å². The summed E-state index contributed by atoms with van der Waals surface area (Å²) in [4.78, 5) is 10.7. The van der Waals surface area contributed by atoms with Gasteiger partial charge in [-0.05, 0) is 12.0 Å². The van der Waals surface area contributed by atoms with Gasteiger partial charge in [0.05, 0.1) is 5.69 Å². The van der Waals surface area contributed by atoms with Gasteiger partial charge in [0.2, 0.25) is 0 Å². The molecule has 11 heavy (non-hydrogen) atoms. The fourth-order valence-corrected chi connectivity index (χ4v) is 0.935. The van der Waals surface area contributed by atoms with E-state index in [0.717, 1.165) is 5.69 Å². The van der Waals surface area contributed by atoms with Crippen molar-refractivity contribution in [1.29, 1.82) is 0 Å². The molecule has 1 heterocycles. The quantitative estimate of drug-likeness (QED) is 0.652. The van der Waals surface area contributed by atoms with Gasteiger partial charge < -0.3 is 5.73 Å². The molecule has 1 rings (SSSR count). The fourth-order valence-electron chi connectivity index (χ4n) is 0.935. The highest BCUT2D eigenvalue weighted by atomic mass is 16.2. The van der Waals surface area contributed by atoms with Gasteiger partial charge in [-0.1, -0.05) is 13.8 Å². The first-order valence-corrected chi connectivity index (χ1v) is 3.46. The zero-order valence-corrected chi connectivity index (χ0v) is 6.61. The van der Waals surface area contributed by atoms with Crippen molar-refractivity contribution in [3.63, 3.8) is 0 Å². The second-order valence-electron chi connectivity index (χ2n) is 2.66.